The van der Waals surface area contributed by atoms with Crippen LogP contribution in [0, 0.1) is 5.92 Å². The van der Waals surface area contributed by atoms with Crippen LogP contribution in [0.15, 0.2) is 18.2 Å². The molecular weight excluding hydrogens is 268 g/mol. The average molecular weight is 295 g/mol. The summed E-state index contributed by atoms with van der Waals surface area (Å²) >= 11 is 6.50. The zero-order valence-corrected chi connectivity index (χ0v) is 13.7. The number of piperidine rings is 1. The Hall–Kier alpha value is -0.730. The predicted octanol–water partition coefficient (Wildman–Crippen LogP) is 4.46. The largest absolute Gasteiger partial charge is 0.367 e. The fraction of sp³-hybridized carbons (Fsp3) is 0.647. The van der Waals surface area contributed by atoms with Crippen LogP contribution in [0.25, 0.3) is 0 Å². The molecule has 20 heavy (non-hydrogen) atoms. The molecule has 1 heterocycles. The van der Waals surface area contributed by atoms with Crippen LogP contribution in [0.2, 0.25) is 5.02 Å². The van der Waals surface area contributed by atoms with Crippen molar-refractivity contribution in [2.45, 2.75) is 52.6 Å². The van der Waals surface area contributed by atoms with Crippen molar-refractivity contribution in [2.24, 2.45) is 5.92 Å². The molecule has 0 amide bonds. The molecule has 0 bridgehead atoms. The Kier molecular flexibility index (Phi) is 5.74. The minimum absolute atomic E-state index is 0.590. The number of para-hydroxylation sites is 1. The van der Waals surface area contributed by atoms with Crippen molar-refractivity contribution in [2.75, 3.05) is 18.0 Å². The van der Waals surface area contributed by atoms with E-state index < -0.39 is 0 Å². The highest BCUT2D eigenvalue weighted by Crippen LogP contribution is 2.34. The summed E-state index contributed by atoms with van der Waals surface area (Å²) in [5, 5.41) is 4.43. The van der Waals surface area contributed by atoms with Crippen molar-refractivity contribution in [1.82, 2.24) is 5.32 Å². The summed E-state index contributed by atoms with van der Waals surface area (Å²) in [6.45, 7) is 9.85. The molecule has 3 heteroatoms. The lowest BCUT2D eigenvalue weighted by Gasteiger charge is -2.37. The number of nitrogens with zero attached hydrogens (tertiary/aromatic N) is 1. The van der Waals surface area contributed by atoms with Gasteiger partial charge in [-0.15, -0.1) is 0 Å². The lowest BCUT2D eigenvalue weighted by atomic mass is 10.0. The van der Waals surface area contributed by atoms with Crippen molar-refractivity contribution in [1.29, 1.82) is 0 Å². The zero-order chi connectivity index (χ0) is 14.5. The van der Waals surface area contributed by atoms with Gasteiger partial charge in [-0.25, -0.2) is 0 Å². The molecule has 0 aliphatic carbocycles. The molecule has 112 valence electrons. The highest BCUT2D eigenvalue weighted by Gasteiger charge is 2.22. The molecular formula is C17H27ClN2. The van der Waals surface area contributed by atoms with E-state index in [0.29, 0.717) is 12.0 Å². The number of anilines is 1. The van der Waals surface area contributed by atoms with Gasteiger partial charge in [0.25, 0.3) is 0 Å². The summed E-state index contributed by atoms with van der Waals surface area (Å²) in [7, 11) is 0. The van der Waals surface area contributed by atoms with E-state index in [0.717, 1.165) is 24.7 Å². The summed E-state index contributed by atoms with van der Waals surface area (Å²) in [6.07, 6.45) is 3.88. The molecule has 0 saturated carbocycles. The Labute approximate surface area is 128 Å². The molecule has 1 atom stereocenters. The number of hydrogen-bond donors (Lipinski definition) is 1. The van der Waals surface area contributed by atoms with E-state index in [-0.39, 0.29) is 0 Å². The molecule has 1 aromatic rings. The van der Waals surface area contributed by atoms with Crippen molar-refractivity contribution >= 4 is 17.3 Å². The summed E-state index contributed by atoms with van der Waals surface area (Å²) in [5.41, 5.74) is 2.57. The molecule has 1 N–H and O–H groups in total. The summed E-state index contributed by atoms with van der Waals surface area (Å²) in [6, 6.07) is 6.87. The Bertz CT molecular complexity index is 431. The topological polar surface area (TPSA) is 15.3 Å². The Morgan fingerprint density at radius 3 is 2.85 bits per heavy atom. The van der Waals surface area contributed by atoms with Gasteiger partial charge in [0.2, 0.25) is 0 Å². The van der Waals surface area contributed by atoms with Crippen molar-refractivity contribution in [3.63, 3.8) is 0 Å². The molecule has 1 saturated heterocycles. The molecule has 0 radical (unpaired) electrons. The van der Waals surface area contributed by atoms with Crippen LogP contribution in [0.5, 0.6) is 0 Å². The monoisotopic (exact) mass is 294 g/mol. The first-order valence-corrected chi connectivity index (χ1v) is 8.22. The van der Waals surface area contributed by atoms with Crippen molar-refractivity contribution in [3.8, 4) is 0 Å². The highest BCUT2D eigenvalue weighted by molar-refractivity contribution is 6.33. The summed E-state index contributed by atoms with van der Waals surface area (Å²) < 4.78 is 0. The van der Waals surface area contributed by atoms with Crippen LogP contribution in [-0.2, 0) is 6.54 Å². The van der Waals surface area contributed by atoms with Gasteiger partial charge in [0, 0.05) is 19.1 Å². The molecule has 0 spiro atoms. The first kappa shape index (κ1) is 15.7. The smallest absolute Gasteiger partial charge is 0.0643 e. The van der Waals surface area contributed by atoms with Crippen LogP contribution in [0.1, 0.15) is 45.6 Å². The van der Waals surface area contributed by atoms with Gasteiger partial charge in [-0.05, 0) is 50.3 Å². The van der Waals surface area contributed by atoms with E-state index in [9.17, 15) is 0 Å². The van der Waals surface area contributed by atoms with Crippen LogP contribution < -0.4 is 10.2 Å². The van der Waals surface area contributed by atoms with Crippen molar-refractivity contribution < 1.29 is 0 Å². The van der Waals surface area contributed by atoms with Gasteiger partial charge < -0.3 is 10.2 Å². The Morgan fingerprint density at radius 2 is 2.15 bits per heavy atom. The Morgan fingerprint density at radius 1 is 1.35 bits per heavy atom. The highest BCUT2D eigenvalue weighted by atomic mass is 35.5. The van der Waals surface area contributed by atoms with Gasteiger partial charge in [0.1, 0.15) is 0 Å². The minimum atomic E-state index is 0.590. The van der Waals surface area contributed by atoms with Gasteiger partial charge in [0.05, 0.1) is 10.7 Å². The second kappa shape index (κ2) is 7.33. The lowest BCUT2D eigenvalue weighted by molar-refractivity contribution is 0.482. The lowest BCUT2D eigenvalue weighted by Crippen LogP contribution is -2.38. The van der Waals surface area contributed by atoms with Crippen LogP contribution in [0.4, 0.5) is 5.69 Å². The van der Waals surface area contributed by atoms with Gasteiger partial charge in [-0.3, -0.25) is 0 Å². The van der Waals surface area contributed by atoms with E-state index in [1.54, 1.807) is 0 Å². The molecule has 1 fully saturated rings. The fourth-order valence-electron chi connectivity index (χ4n) is 2.95. The molecule has 0 aromatic heterocycles. The van der Waals surface area contributed by atoms with Crippen LogP contribution >= 0.6 is 11.6 Å². The van der Waals surface area contributed by atoms with Crippen molar-refractivity contribution in [3.05, 3.63) is 28.8 Å². The molecule has 2 nitrogen and oxygen atoms in total. The third-order valence-corrected chi connectivity index (χ3v) is 4.33. The number of benzene rings is 1. The molecule has 1 unspecified atom stereocenters. The number of nitrogens with one attached hydrogen (secondary N) is 1. The van der Waals surface area contributed by atoms with Gasteiger partial charge in [0.15, 0.2) is 0 Å². The quantitative estimate of drug-likeness (QED) is 0.862. The second-order valence-corrected chi connectivity index (χ2v) is 6.72. The molecule has 1 aliphatic rings. The third-order valence-electron chi connectivity index (χ3n) is 4.03. The average Bonchev–Trinajstić information content (AvgIpc) is 2.40. The number of rotatable bonds is 5. The van der Waals surface area contributed by atoms with E-state index in [2.05, 4.69) is 43.1 Å². The van der Waals surface area contributed by atoms with E-state index in [1.807, 2.05) is 6.07 Å². The first-order chi connectivity index (χ1) is 9.59. The number of hydrogen-bond acceptors (Lipinski definition) is 2. The maximum absolute atomic E-state index is 6.50. The fourth-order valence-corrected chi connectivity index (χ4v) is 3.25. The minimum Gasteiger partial charge on any atom is -0.367 e. The molecule has 2 rings (SSSR count). The normalized spacial score (nSPS) is 19.6. The van der Waals surface area contributed by atoms with Gasteiger partial charge in [-0.1, -0.05) is 37.6 Å². The molecule has 1 aromatic carbocycles. The summed E-state index contributed by atoms with van der Waals surface area (Å²) in [5.74, 6) is 0.673. The zero-order valence-electron chi connectivity index (χ0n) is 13.0. The second-order valence-electron chi connectivity index (χ2n) is 6.31. The van der Waals surface area contributed by atoms with E-state index in [4.69, 9.17) is 11.6 Å². The van der Waals surface area contributed by atoms with Crippen LogP contribution in [0.3, 0.4) is 0 Å². The Balaban J connectivity index is 2.17. The van der Waals surface area contributed by atoms with E-state index >= 15 is 0 Å². The van der Waals surface area contributed by atoms with E-state index in [1.165, 1.54) is 30.5 Å². The third kappa shape index (κ3) is 3.89. The van der Waals surface area contributed by atoms with Crippen LogP contribution in [-0.4, -0.2) is 19.1 Å². The maximum atomic E-state index is 6.50. The SMILES string of the molecule is CC(C)CNCc1cccc(Cl)c1N1CCCCC1C. The molecule has 1 aliphatic heterocycles. The number of halogens is 1. The first-order valence-electron chi connectivity index (χ1n) is 7.84. The van der Waals surface area contributed by atoms with Gasteiger partial charge in [-0.2, -0.15) is 0 Å². The standard InChI is InChI=1S/C17H27ClN2/c1-13(2)11-19-12-15-8-6-9-16(18)17(15)20-10-5-4-7-14(20)3/h6,8-9,13-14,19H,4-5,7,10-12H2,1-3H3. The van der Waals surface area contributed by atoms with Gasteiger partial charge >= 0.3 is 0 Å². The summed E-state index contributed by atoms with van der Waals surface area (Å²) in [4.78, 5) is 2.50. The maximum Gasteiger partial charge on any atom is 0.0643 e. The predicted molar refractivity (Wildman–Crippen MR) is 88.7 cm³/mol.